The van der Waals surface area contributed by atoms with E-state index in [2.05, 4.69) is 52.8 Å². The molecule has 4 rings (SSSR count). The molecule has 0 bridgehead atoms. The van der Waals surface area contributed by atoms with E-state index in [-0.39, 0.29) is 11.9 Å². The highest BCUT2D eigenvalue weighted by Gasteiger charge is 2.20. The first kappa shape index (κ1) is 24.6. The third-order valence-corrected chi connectivity index (χ3v) is 7.10. The van der Waals surface area contributed by atoms with Crippen LogP contribution in [0, 0.1) is 12.8 Å². The first-order chi connectivity index (χ1) is 16.9. The molecule has 0 unspecified atom stereocenters. The standard InChI is InChI=1S/C29H30N2O3S/c1-19(29(33)34)16-25(17-21-8-12-24(13-9-21)23-6-4-3-5-7-23)31-28(32)15-11-22-10-14-26-27(18-22)35-20(2)30-26/h3-10,12-14,18-19,25H,11,15-17H2,1-2H3,(H,31,32)(H,33,34)/t19-,25+/m1/s1. The summed E-state index contributed by atoms with van der Waals surface area (Å²) in [6, 6.07) is 24.3. The van der Waals surface area contributed by atoms with Gasteiger partial charge in [-0.2, -0.15) is 0 Å². The van der Waals surface area contributed by atoms with E-state index in [0.29, 0.717) is 25.7 Å². The topological polar surface area (TPSA) is 79.3 Å². The summed E-state index contributed by atoms with van der Waals surface area (Å²) in [5.41, 5.74) is 5.43. The molecule has 180 valence electrons. The number of carbonyl (C=O) groups excluding carboxylic acids is 1. The Morgan fingerprint density at radius 3 is 2.37 bits per heavy atom. The second kappa shape index (κ2) is 11.3. The number of aliphatic carboxylic acids is 1. The van der Waals surface area contributed by atoms with Gasteiger partial charge in [0.25, 0.3) is 0 Å². The van der Waals surface area contributed by atoms with Crippen LogP contribution in [0.5, 0.6) is 0 Å². The Morgan fingerprint density at radius 1 is 0.971 bits per heavy atom. The quantitative estimate of drug-likeness (QED) is 0.286. The van der Waals surface area contributed by atoms with Gasteiger partial charge in [0.1, 0.15) is 0 Å². The molecule has 1 aromatic heterocycles. The Bertz CT molecular complexity index is 1300. The highest BCUT2D eigenvalue weighted by atomic mass is 32.1. The zero-order chi connectivity index (χ0) is 24.8. The van der Waals surface area contributed by atoms with Crippen LogP contribution in [0.3, 0.4) is 0 Å². The van der Waals surface area contributed by atoms with Gasteiger partial charge < -0.3 is 10.4 Å². The highest BCUT2D eigenvalue weighted by molar-refractivity contribution is 7.18. The van der Waals surface area contributed by atoms with Crippen LogP contribution in [0.25, 0.3) is 21.3 Å². The van der Waals surface area contributed by atoms with E-state index in [4.69, 9.17) is 0 Å². The van der Waals surface area contributed by atoms with Crippen molar-refractivity contribution in [2.45, 2.75) is 45.6 Å². The Balaban J connectivity index is 1.39. The molecule has 0 aliphatic rings. The molecule has 0 saturated heterocycles. The Labute approximate surface area is 209 Å². The zero-order valence-electron chi connectivity index (χ0n) is 20.0. The molecule has 2 atom stereocenters. The van der Waals surface area contributed by atoms with Crippen molar-refractivity contribution in [1.29, 1.82) is 0 Å². The lowest BCUT2D eigenvalue weighted by molar-refractivity contribution is -0.141. The Kier molecular flexibility index (Phi) is 7.93. The number of carbonyl (C=O) groups is 2. The number of thiazole rings is 1. The van der Waals surface area contributed by atoms with Crippen molar-refractivity contribution in [3.8, 4) is 11.1 Å². The predicted octanol–water partition coefficient (Wildman–Crippen LogP) is 6.04. The lowest BCUT2D eigenvalue weighted by Gasteiger charge is -2.21. The molecule has 1 amide bonds. The third-order valence-electron chi connectivity index (χ3n) is 6.17. The molecule has 5 nitrogen and oxygen atoms in total. The van der Waals surface area contributed by atoms with E-state index in [1.807, 2.05) is 37.3 Å². The van der Waals surface area contributed by atoms with Crippen LogP contribution < -0.4 is 5.32 Å². The number of nitrogens with zero attached hydrogens (tertiary/aromatic N) is 1. The number of nitrogens with one attached hydrogen (secondary N) is 1. The van der Waals surface area contributed by atoms with Crippen molar-refractivity contribution in [3.05, 3.63) is 88.9 Å². The van der Waals surface area contributed by atoms with Crippen LogP contribution >= 0.6 is 11.3 Å². The van der Waals surface area contributed by atoms with Gasteiger partial charge in [0.2, 0.25) is 5.91 Å². The molecule has 6 heteroatoms. The SMILES string of the molecule is Cc1nc2ccc(CCC(=O)N[C@H](Cc3ccc(-c4ccccc4)cc3)C[C@@H](C)C(=O)O)cc2s1. The van der Waals surface area contributed by atoms with Gasteiger partial charge in [0.05, 0.1) is 21.1 Å². The number of carboxylic acids is 1. The molecule has 0 aliphatic carbocycles. The third kappa shape index (κ3) is 6.76. The Morgan fingerprint density at radius 2 is 1.66 bits per heavy atom. The van der Waals surface area contributed by atoms with Crippen molar-refractivity contribution in [3.63, 3.8) is 0 Å². The summed E-state index contributed by atoms with van der Waals surface area (Å²) in [7, 11) is 0. The predicted molar refractivity (Wildman–Crippen MR) is 142 cm³/mol. The molecule has 4 aromatic rings. The van der Waals surface area contributed by atoms with Crippen molar-refractivity contribution >= 4 is 33.4 Å². The minimum Gasteiger partial charge on any atom is -0.481 e. The van der Waals surface area contributed by atoms with Crippen molar-refractivity contribution in [1.82, 2.24) is 10.3 Å². The molecular formula is C29H30N2O3S. The van der Waals surface area contributed by atoms with Gasteiger partial charge in [-0.15, -0.1) is 11.3 Å². The van der Waals surface area contributed by atoms with E-state index in [0.717, 1.165) is 37.5 Å². The summed E-state index contributed by atoms with van der Waals surface area (Å²) in [6.07, 6.45) is 1.96. The van der Waals surface area contributed by atoms with Gasteiger partial charge in [0.15, 0.2) is 0 Å². The minimum atomic E-state index is -0.850. The molecule has 1 heterocycles. The maximum Gasteiger partial charge on any atom is 0.306 e. The maximum absolute atomic E-state index is 12.8. The summed E-state index contributed by atoms with van der Waals surface area (Å²) >= 11 is 1.65. The second-order valence-electron chi connectivity index (χ2n) is 9.04. The van der Waals surface area contributed by atoms with E-state index in [9.17, 15) is 14.7 Å². The van der Waals surface area contributed by atoms with Crippen molar-refractivity contribution in [2.24, 2.45) is 5.92 Å². The molecule has 0 aliphatic heterocycles. The Hall–Kier alpha value is -3.51. The normalized spacial score (nSPS) is 12.9. The fraction of sp³-hybridized carbons (Fsp3) is 0.276. The van der Waals surface area contributed by atoms with Gasteiger partial charge >= 0.3 is 5.97 Å². The maximum atomic E-state index is 12.8. The summed E-state index contributed by atoms with van der Waals surface area (Å²) in [5.74, 6) is -1.45. The largest absolute Gasteiger partial charge is 0.481 e. The van der Waals surface area contributed by atoms with Gasteiger partial charge in [-0.1, -0.05) is 67.6 Å². The number of fused-ring (bicyclic) bond motifs is 1. The van der Waals surface area contributed by atoms with Crippen LogP contribution in [-0.4, -0.2) is 28.0 Å². The summed E-state index contributed by atoms with van der Waals surface area (Å²) < 4.78 is 1.13. The summed E-state index contributed by atoms with van der Waals surface area (Å²) in [4.78, 5) is 28.8. The number of benzene rings is 3. The first-order valence-electron chi connectivity index (χ1n) is 11.9. The van der Waals surface area contributed by atoms with Crippen molar-refractivity contribution in [2.75, 3.05) is 0 Å². The molecule has 3 aromatic carbocycles. The van der Waals surface area contributed by atoms with E-state index in [1.165, 1.54) is 0 Å². The van der Waals surface area contributed by atoms with Gasteiger partial charge in [-0.05, 0) is 60.6 Å². The minimum absolute atomic E-state index is 0.0610. The van der Waals surface area contributed by atoms with Crippen LogP contribution in [0.1, 0.15) is 35.9 Å². The number of rotatable bonds is 10. The number of hydrogen-bond acceptors (Lipinski definition) is 4. The lowest BCUT2D eigenvalue weighted by Crippen LogP contribution is -2.38. The molecule has 0 saturated carbocycles. The second-order valence-corrected chi connectivity index (χ2v) is 10.3. The highest BCUT2D eigenvalue weighted by Crippen LogP contribution is 2.24. The summed E-state index contributed by atoms with van der Waals surface area (Å²) in [5, 5.41) is 13.5. The van der Waals surface area contributed by atoms with Gasteiger partial charge in [0, 0.05) is 12.5 Å². The molecule has 0 spiro atoms. The number of hydrogen-bond donors (Lipinski definition) is 2. The van der Waals surface area contributed by atoms with Gasteiger partial charge in [-0.3, -0.25) is 9.59 Å². The van der Waals surface area contributed by atoms with Gasteiger partial charge in [-0.25, -0.2) is 4.98 Å². The van der Waals surface area contributed by atoms with Crippen LogP contribution in [0.15, 0.2) is 72.8 Å². The van der Waals surface area contributed by atoms with E-state index in [1.54, 1.807) is 18.3 Å². The average molecular weight is 487 g/mol. The average Bonchev–Trinajstić information content (AvgIpc) is 3.23. The number of aromatic nitrogens is 1. The summed E-state index contributed by atoms with van der Waals surface area (Å²) in [6.45, 7) is 3.68. The monoisotopic (exact) mass is 486 g/mol. The number of aryl methyl sites for hydroxylation is 2. The first-order valence-corrected chi connectivity index (χ1v) is 12.7. The molecule has 2 N–H and O–H groups in total. The molecule has 0 fully saturated rings. The van der Waals surface area contributed by atoms with Crippen LogP contribution in [-0.2, 0) is 22.4 Å². The fourth-order valence-electron chi connectivity index (χ4n) is 4.27. The fourth-order valence-corrected chi connectivity index (χ4v) is 5.16. The molecular weight excluding hydrogens is 456 g/mol. The molecule has 0 radical (unpaired) electrons. The van der Waals surface area contributed by atoms with Crippen LogP contribution in [0.2, 0.25) is 0 Å². The van der Waals surface area contributed by atoms with E-state index >= 15 is 0 Å². The zero-order valence-corrected chi connectivity index (χ0v) is 20.8. The molecule has 35 heavy (non-hydrogen) atoms. The lowest BCUT2D eigenvalue weighted by atomic mass is 9.94. The number of amides is 1. The van der Waals surface area contributed by atoms with E-state index < -0.39 is 11.9 Å². The smallest absolute Gasteiger partial charge is 0.306 e. The number of carboxylic acid groups (broad SMARTS) is 1. The van der Waals surface area contributed by atoms with Crippen LogP contribution in [0.4, 0.5) is 0 Å². The van der Waals surface area contributed by atoms with Crippen molar-refractivity contribution < 1.29 is 14.7 Å².